The van der Waals surface area contributed by atoms with E-state index in [1.54, 1.807) is 0 Å². The number of esters is 2. The Morgan fingerprint density at radius 2 is 1.33 bits per heavy atom. The summed E-state index contributed by atoms with van der Waals surface area (Å²) in [6.45, 7) is 7.83. The monoisotopic (exact) mass is 214 g/mol. The second-order valence-electron chi connectivity index (χ2n) is 4.64. The third kappa shape index (κ3) is 2.94. The van der Waals surface area contributed by atoms with Gasteiger partial charge in [0.05, 0.1) is 13.2 Å². The number of rotatable bonds is 4. The van der Waals surface area contributed by atoms with E-state index in [4.69, 9.17) is 9.47 Å². The summed E-state index contributed by atoms with van der Waals surface area (Å²) in [5.41, 5.74) is 0.102. The Balaban J connectivity index is 2.34. The first-order valence-electron chi connectivity index (χ1n) is 5.12. The van der Waals surface area contributed by atoms with Crippen LogP contribution in [0.4, 0.5) is 0 Å². The molecule has 15 heavy (non-hydrogen) atoms. The average Bonchev–Trinajstić information content (AvgIpc) is 2.60. The lowest BCUT2D eigenvalue weighted by atomic mass is 10.1. The van der Waals surface area contributed by atoms with Crippen LogP contribution in [0.3, 0.4) is 0 Å². The van der Waals surface area contributed by atoms with Crippen LogP contribution in [-0.4, -0.2) is 25.2 Å². The van der Waals surface area contributed by atoms with Crippen molar-refractivity contribution in [2.45, 2.75) is 27.7 Å². The molecular formula is C11H18O4. The second kappa shape index (κ2) is 4.21. The van der Waals surface area contributed by atoms with Gasteiger partial charge < -0.3 is 9.47 Å². The molecule has 1 aliphatic carbocycles. The summed E-state index contributed by atoms with van der Waals surface area (Å²) in [6.07, 6.45) is 0. The minimum atomic E-state index is -0.260. The zero-order valence-electron chi connectivity index (χ0n) is 9.70. The predicted octanol–water partition coefficient (Wildman–Crippen LogP) is 1.38. The first-order valence-corrected chi connectivity index (χ1v) is 5.12. The third-order valence-electron chi connectivity index (χ3n) is 3.22. The SMILES string of the molecule is CC(=O)OC[C@@H]1[C@@H](COC(C)=O)C1(C)C. The fraction of sp³-hybridized carbons (Fsp3) is 0.818. The summed E-state index contributed by atoms with van der Waals surface area (Å²) in [6, 6.07) is 0. The van der Waals surface area contributed by atoms with Crippen molar-refractivity contribution < 1.29 is 19.1 Å². The molecule has 1 saturated carbocycles. The van der Waals surface area contributed by atoms with Crippen LogP contribution < -0.4 is 0 Å². The number of carbonyl (C=O) groups is 2. The maximum absolute atomic E-state index is 10.7. The topological polar surface area (TPSA) is 52.6 Å². The van der Waals surface area contributed by atoms with Crippen molar-refractivity contribution in [1.82, 2.24) is 0 Å². The van der Waals surface area contributed by atoms with Crippen LogP contribution in [-0.2, 0) is 19.1 Å². The molecule has 0 radical (unpaired) electrons. The molecule has 2 atom stereocenters. The van der Waals surface area contributed by atoms with E-state index in [1.807, 2.05) is 0 Å². The highest BCUT2D eigenvalue weighted by Crippen LogP contribution is 2.58. The van der Waals surface area contributed by atoms with Crippen molar-refractivity contribution in [1.29, 1.82) is 0 Å². The average molecular weight is 214 g/mol. The van der Waals surface area contributed by atoms with Crippen LogP contribution in [0.2, 0.25) is 0 Å². The van der Waals surface area contributed by atoms with Gasteiger partial charge in [0.2, 0.25) is 0 Å². The van der Waals surface area contributed by atoms with Crippen molar-refractivity contribution in [2.24, 2.45) is 17.3 Å². The smallest absolute Gasteiger partial charge is 0.302 e. The maximum atomic E-state index is 10.7. The minimum Gasteiger partial charge on any atom is -0.466 e. The molecule has 0 spiro atoms. The molecule has 0 bridgehead atoms. The number of ether oxygens (including phenoxy) is 2. The molecule has 0 heterocycles. The van der Waals surface area contributed by atoms with Gasteiger partial charge in [-0.05, 0) is 5.41 Å². The van der Waals surface area contributed by atoms with E-state index in [2.05, 4.69) is 13.8 Å². The summed E-state index contributed by atoms with van der Waals surface area (Å²) in [7, 11) is 0. The normalized spacial score (nSPS) is 26.9. The molecule has 1 rings (SSSR count). The number of carbonyl (C=O) groups excluding carboxylic acids is 2. The number of hydrogen-bond acceptors (Lipinski definition) is 4. The van der Waals surface area contributed by atoms with Crippen LogP contribution in [0.1, 0.15) is 27.7 Å². The molecule has 0 unspecified atom stereocenters. The molecule has 86 valence electrons. The Kier molecular flexibility index (Phi) is 3.37. The fourth-order valence-electron chi connectivity index (χ4n) is 1.93. The summed E-state index contributed by atoms with van der Waals surface area (Å²) in [5, 5.41) is 0. The van der Waals surface area contributed by atoms with Gasteiger partial charge in [-0.3, -0.25) is 9.59 Å². The lowest BCUT2D eigenvalue weighted by Crippen LogP contribution is -2.07. The van der Waals surface area contributed by atoms with Crippen LogP contribution in [0.15, 0.2) is 0 Å². The summed E-state index contributed by atoms with van der Waals surface area (Å²) >= 11 is 0. The van der Waals surface area contributed by atoms with Gasteiger partial charge in [0, 0.05) is 25.7 Å². The first-order chi connectivity index (χ1) is 6.85. The largest absolute Gasteiger partial charge is 0.466 e. The Labute approximate surface area is 89.9 Å². The van der Waals surface area contributed by atoms with E-state index in [9.17, 15) is 9.59 Å². The highest BCUT2D eigenvalue weighted by Gasteiger charge is 2.58. The highest BCUT2D eigenvalue weighted by atomic mass is 16.5. The Morgan fingerprint density at radius 3 is 1.60 bits per heavy atom. The maximum Gasteiger partial charge on any atom is 0.302 e. The van der Waals surface area contributed by atoms with Crippen molar-refractivity contribution >= 4 is 11.9 Å². The van der Waals surface area contributed by atoms with E-state index in [1.165, 1.54) is 13.8 Å². The van der Waals surface area contributed by atoms with Gasteiger partial charge in [0.15, 0.2) is 0 Å². The van der Waals surface area contributed by atoms with Crippen LogP contribution in [0.25, 0.3) is 0 Å². The van der Waals surface area contributed by atoms with E-state index in [0.29, 0.717) is 25.0 Å². The Hall–Kier alpha value is -1.06. The quantitative estimate of drug-likeness (QED) is 0.663. The summed E-state index contributed by atoms with van der Waals surface area (Å²) in [5.74, 6) is 0.0920. The van der Waals surface area contributed by atoms with Crippen LogP contribution in [0, 0.1) is 17.3 Å². The van der Waals surface area contributed by atoms with Crippen LogP contribution >= 0.6 is 0 Å². The first kappa shape index (κ1) is 12.0. The zero-order chi connectivity index (χ0) is 11.6. The second-order valence-corrected chi connectivity index (χ2v) is 4.64. The lowest BCUT2D eigenvalue weighted by Gasteiger charge is -2.02. The fourth-order valence-corrected chi connectivity index (χ4v) is 1.93. The molecule has 0 aliphatic heterocycles. The molecule has 4 nitrogen and oxygen atoms in total. The van der Waals surface area contributed by atoms with Crippen molar-refractivity contribution in [3.8, 4) is 0 Å². The van der Waals surface area contributed by atoms with Gasteiger partial charge in [-0.2, -0.15) is 0 Å². The molecule has 0 aromatic carbocycles. The number of hydrogen-bond donors (Lipinski definition) is 0. The third-order valence-corrected chi connectivity index (χ3v) is 3.22. The predicted molar refractivity (Wildman–Crippen MR) is 54.0 cm³/mol. The van der Waals surface area contributed by atoms with Gasteiger partial charge in [-0.15, -0.1) is 0 Å². The molecule has 0 amide bonds. The van der Waals surface area contributed by atoms with Crippen molar-refractivity contribution in [3.63, 3.8) is 0 Å². The molecule has 4 heteroatoms. The van der Waals surface area contributed by atoms with Gasteiger partial charge in [0.25, 0.3) is 0 Å². The molecule has 1 aliphatic rings. The van der Waals surface area contributed by atoms with E-state index >= 15 is 0 Å². The Morgan fingerprint density at radius 1 is 1.00 bits per heavy atom. The molecule has 0 saturated heterocycles. The van der Waals surface area contributed by atoms with Gasteiger partial charge >= 0.3 is 11.9 Å². The summed E-state index contributed by atoms with van der Waals surface area (Å²) in [4.78, 5) is 21.3. The Bertz CT molecular complexity index is 244. The van der Waals surface area contributed by atoms with Crippen molar-refractivity contribution in [3.05, 3.63) is 0 Å². The zero-order valence-corrected chi connectivity index (χ0v) is 9.70. The standard InChI is InChI=1S/C11H18O4/c1-7(12)14-5-9-10(11(9,3)4)6-15-8(2)13/h9-10H,5-6H2,1-4H3/t9-,10-/m1/s1. The van der Waals surface area contributed by atoms with Crippen molar-refractivity contribution in [2.75, 3.05) is 13.2 Å². The van der Waals surface area contributed by atoms with Crippen LogP contribution in [0.5, 0.6) is 0 Å². The van der Waals surface area contributed by atoms with E-state index in [-0.39, 0.29) is 17.4 Å². The van der Waals surface area contributed by atoms with E-state index < -0.39 is 0 Å². The van der Waals surface area contributed by atoms with Gasteiger partial charge in [0.1, 0.15) is 0 Å². The van der Waals surface area contributed by atoms with Gasteiger partial charge in [-0.1, -0.05) is 13.8 Å². The minimum absolute atomic E-state index is 0.102. The lowest BCUT2D eigenvalue weighted by molar-refractivity contribution is -0.143. The molecule has 0 aromatic heterocycles. The summed E-state index contributed by atoms with van der Waals surface area (Å²) < 4.78 is 9.92. The molecule has 0 N–H and O–H groups in total. The molecule has 0 aromatic rings. The molecule has 1 fully saturated rings. The van der Waals surface area contributed by atoms with E-state index in [0.717, 1.165) is 0 Å². The van der Waals surface area contributed by atoms with Gasteiger partial charge in [-0.25, -0.2) is 0 Å². The highest BCUT2D eigenvalue weighted by molar-refractivity contribution is 5.66. The molecular weight excluding hydrogens is 196 g/mol.